The number of carbonyl (C=O) groups is 1. The van der Waals surface area contributed by atoms with E-state index in [0.717, 1.165) is 25.0 Å². The van der Waals surface area contributed by atoms with Crippen LogP contribution in [0.15, 0.2) is 47.4 Å². The number of halogens is 3. The third-order valence-corrected chi connectivity index (χ3v) is 7.38. The summed E-state index contributed by atoms with van der Waals surface area (Å²) in [6.45, 7) is 0.441. The predicted molar refractivity (Wildman–Crippen MR) is 116 cm³/mol. The smallest absolute Gasteiger partial charge is 0.416 e. The second-order valence-electron chi connectivity index (χ2n) is 8.91. The molecule has 2 aromatic rings. The fraction of sp³-hybridized carbons (Fsp3) is 0.417. The van der Waals surface area contributed by atoms with Gasteiger partial charge in [0.2, 0.25) is 10.0 Å². The number of benzene rings is 2. The van der Waals surface area contributed by atoms with Gasteiger partial charge >= 0.3 is 6.18 Å². The lowest BCUT2D eigenvalue weighted by Crippen LogP contribution is -2.35. The van der Waals surface area contributed by atoms with Gasteiger partial charge in [0.05, 0.1) is 23.1 Å². The number of hydrogen-bond donors (Lipinski definition) is 1. The van der Waals surface area contributed by atoms with Gasteiger partial charge in [-0.25, -0.2) is 8.42 Å². The van der Waals surface area contributed by atoms with Crippen LogP contribution in [0.25, 0.3) is 0 Å². The van der Waals surface area contributed by atoms with Gasteiger partial charge in [0.15, 0.2) is 0 Å². The predicted octanol–water partition coefficient (Wildman–Crippen LogP) is 4.18. The van der Waals surface area contributed by atoms with Crippen molar-refractivity contribution in [2.24, 2.45) is 5.92 Å². The molecule has 0 atom stereocenters. The zero-order chi connectivity index (χ0) is 24.6. The number of alkyl halides is 3. The largest absolute Gasteiger partial charge is 0.493 e. The molecular formula is C24H23F3N2O4S. The molecular weight excluding hydrogens is 469 g/mol. The van der Waals surface area contributed by atoms with Crippen molar-refractivity contribution in [3.8, 4) is 11.8 Å². The van der Waals surface area contributed by atoms with E-state index in [1.54, 1.807) is 0 Å². The van der Waals surface area contributed by atoms with Gasteiger partial charge in [-0.05, 0) is 61.4 Å². The van der Waals surface area contributed by atoms with E-state index < -0.39 is 27.3 Å². The van der Waals surface area contributed by atoms with Crippen molar-refractivity contribution in [3.05, 3.63) is 59.2 Å². The molecule has 0 spiro atoms. The molecule has 2 aliphatic rings. The number of nitriles is 1. The average Bonchev–Trinajstić information content (AvgIpc) is 3.69. The number of sulfonamides is 1. The molecule has 2 fully saturated rings. The Morgan fingerprint density at radius 2 is 1.88 bits per heavy atom. The van der Waals surface area contributed by atoms with E-state index >= 15 is 0 Å². The Hall–Kier alpha value is -2.90. The minimum Gasteiger partial charge on any atom is -0.493 e. The molecule has 1 N–H and O–H groups in total. The van der Waals surface area contributed by atoms with E-state index in [-0.39, 0.29) is 29.1 Å². The van der Waals surface area contributed by atoms with Crippen molar-refractivity contribution in [3.63, 3.8) is 0 Å². The lowest BCUT2D eigenvalue weighted by Gasteiger charge is -2.15. The van der Waals surface area contributed by atoms with Crippen molar-refractivity contribution in [2.75, 3.05) is 6.61 Å². The second-order valence-corrected chi connectivity index (χ2v) is 10.6. The van der Waals surface area contributed by atoms with Gasteiger partial charge < -0.3 is 4.74 Å². The lowest BCUT2D eigenvalue weighted by molar-refractivity contribution is -0.137. The van der Waals surface area contributed by atoms with E-state index in [1.807, 2.05) is 6.07 Å². The standard InChI is InChI=1S/C24H23F3N2O4S/c25-24(26,27)19-3-1-2-17(10-19)11-20(30)12-18-13-21(6-7-22(18)33-14-16-4-5-16)34(31,32)29-23(15-28)8-9-23/h1-3,6-7,10,13,16,29H,4-5,8-9,11-12,14H2. The first-order valence-corrected chi connectivity index (χ1v) is 12.4. The summed E-state index contributed by atoms with van der Waals surface area (Å²) in [7, 11) is -4.01. The maximum absolute atomic E-state index is 13.0. The van der Waals surface area contributed by atoms with Crippen LogP contribution in [0.2, 0.25) is 0 Å². The minimum atomic E-state index is -4.51. The highest BCUT2D eigenvalue weighted by molar-refractivity contribution is 7.89. The van der Waals surface area contributed by atoms with E-state index in [0.29, 0.717) is 36.7 Å². The average molecular weight is 493 g/mol. The fourth-order valence-electron chi connectivity index (χ4n) is 3.53. The Morgan fingerprint density at radius 3 is 2.50 bits per heavy atom. The van der Waals surface area contributed by atoms with E-state index in [2.05, 4.69) is 4.72 Å². The molecule has 0 aromatic heterocycles. The highest BCUT2D eigenvalue weighted by Crippen LogP contribution is 2.37. The molecule has 0 radical (unpaired) electrons. The summed E-state index contributed by atoms with van der Waals surface area (Å²) in [6, 6.07) is 10.7. The first-order chi connectivity index (χ1) is 16.0. The molecule has 2 aliphatic carbocycles. The van der Waals surface area contributed by atoms with Crippen LogP contribution >= 0.6 is 0 Å². The minimum absolute atomic E-state index is 0.102. The third-order valence-electron chi connectivity index (χ3n) is 5.85. The topological polar surface area (TPSA) is 96.3 Å². The Labute approximate surface area is 195 Å². The van der Waals surface area contributed by atoms with Crippen LogP contribution in [0, 0.1) is 17.2 Å². The number of ether oxygens (including phenoxy) is 1. The van der Waals surface area contributed by atoms with Gasteiger partial charge in [0.1, 0.15) is 17.1 Å². The van der Waals surface area contributed by atoms with Crippen molar-refractivity contribution in [1.29, 1.82) is 5.26 Å². The zero-order valence-corrected chi connectivity index (χ0v) is 19.0. The Balaban J connectivity index is 1.55. The second kappa shape index (κ2) is 9.04. The molecule has 0 unspecified atom stereocenters. The maximum atomic E-state index is 13.0. The number of carbonyl (C=O) groups excluding carboxylic acids is 1. The highest BCUT2D eigenvalue weighted by Gasteiger charge is 2.46. The van der Waals surface area contributed by atoms with Crippen molar-refractivity contribution in [2.45, 2.75) is 55.1 Å². The summed E-state index contributed by atoms with van der Waals surface area (Å²) in [5.74, 6) is 0.405. The SMILES string of the molecule is N#CC1(NS(=O)(=O)c2ccc(OCC3CC3)c(CC(=O)Cc3cccc(C(F)(F)F)c3)c2)CC1. The summed E-state index contributed by atoms with van der Waals surface area (Å²) in [4.78, 5) is 12.6. The van der Waals surface area contributed by atoms with Crippen LogP contribution in [0.1, 0.15) is 42.4 Å². The molecule has 10 heteroatoms. The van der Waals surface area contributed by atoms with Gasteiger partial charge in [-0.2, -0.15) is 23.2 Å². The van der Waals surface area contributed by atoms with Crippen LogP contribution in [0.4, 0.5) is 13.2 Å². The van der Waals surface area contributed by atoms with E-state index in [4.69, 9.17) is 4.74 Å². The Morgan fingerprint density at radius 1 is 1.15 bits per heavy atom. The molecule has 0 bridgehead atoms. The highest BCUT2D eigenvalue weighted by atomic mass is 32.2. The molecule has 2 saturated carbocycles. The molecule has 0 aliphatic heterocycles. The van der Waals surface area contributed by atoms with Crippen LogP contribution in [-0.4, -0.2) is 26.3 Å². The first-order valence-electron chi connectivity index (χ1n) is 10.9. The third kappa shape index (κ3) is 5.96. The molecule has 0 saturated heterocycles. The van der Waals surface area contributed by atoms with Crippen LogP contribution < -0.4 is 9.46 Å². The monoisotopic (exact) mass is 492 g/mol. The number of nitrogens with zero attached hydrogens (tertiary/aromatic N) is 1. The Bertz CT molecular complexity index is 1240. The number of ketones is 1. The summed E-state index contributed by atoms with van der Waals surface area (Å²) >= 11 is 0. The van der Waals surface area contributed by atoms with Crippen LogP contribution in [-0.2, 0) is 33.8 Å². The summed E-state index contributed by atoms with van der Waals surface area (Å²) in [5, 5.41) is 9.21. The lowest BCUT2D eigenvalue weighted by atomic mass is 10.0. The van der Waals surface area contributed by atoms with Crippen LogP contribution in [0.5, 0.6) is 5.75 Å². The molecule has 180 valence electrons. The van der Waals surface area contributed by atoms with Gasteiger partial charge in [-0.1, -0.05) is 18.2 Å². The quantitative estimate of drug-likeness (QED) is 0.537. The number of rotatable bonds is 10. The fourth-order valence-corrected chi connectivity index (χ4v) is 4.96. The number of hydrogen-bond acceptors (Lipinski definition) is 5. The van der Waals surface area contributed by atoms with Gasteiger partial charge in [-0.15, -0.1) is 0 Å². The molecule has 4 rings (SSSR count). The van der Waals surface area contributed by atoms with E-state index in [1.165, 1.54) is 30.3 Å². The Kier molecular flexibility index (Phi) is 6.44. The maximum Gasteiger partial charge on any atom is 0.416 e. The molecule has 0 heterocycles. The number of nitrogens with one attached hydrogen (secondary N) is 1. The van der Waals surface area contributed by atoms with Crippen molar-refractivity contribution in [1.82, 2.24) is 4.72 Å². The number of Topliss-reactive ketones (excluding diaryl/α,β-unsaturated/α-hetero) is 1. The van der Waals surface area contributed by atoms with E-state index in [9.17, 15) is 31.6 Å². The molecule has 34 heavy (non-hydrogen) atoms. The summed E-state index contributed by atoms with van der Waals surface area (Å²) < 4.78 is 72.8. The zero-order valence-electron chi connectivity index (χ0n) is 18.2. The molecule has 2 aromatic carbocycles. The normalized spacial score (nSPS) is 17.1. The molecule has 6 nitrogen and oxygen atoms in total. The van der Waals surface area contributed by atoms with Gasteiger partial charge in [0, 0.05) is 18.4 Å². The van der Waals surface area contributed by atoms with Crippen molar-refractivity contribution < 1.29 is 31.1 Å². The summed E-state index contributed by atoms with van der Waals surface area (Å²) in [5.41, 5.74) is -1.38. The molecule has 0 amide bonds. The van der Waals surface area contributed by atoms with Gasteiger partial charge in [0.25, 0.3) is 0 Å². The first kappa shape index (κ1) is 24.2. The van der Waals surface area contributed by atoms with Gasteiger partial charge in [-0.3, -0.25) is 4.79 Å². The summed E-state index contributed by atoms with van der Waals surface area (Å²) in [6.07, 6.45) is -2.03. The van der Waals surface area contributed by atoms with Crippen molar-refractivity contribution >= 4 is 15.8 Å². The van der Waals surface area contributed by atoms with Crippen LogP contribution in [0.3, 0.4) is 0 Å².